The van der Waals surface area contributed by atoms with E-state index in [0.717, 1.165) is 120 Å². The van der Waals surface area contributed by atoms with Crippen molar-refractivity contribution in [2.45, 2.75) is 343 Å². The molecule has 0 aliphatic rings. The van der Waals surface area contributed by atoms with Gasteiger partial charge in [0.05, 0.1) is 26.4 Å². The number of esters is 4. The molecule has 6 atom stereocenters. The number of carbonyl (C=O) groups excluding carboxylic acids is 4. The number of hydrogen-bond donors (Lipinski definition) is 3. The number of unbranched alkanes of at least 4 members (excludes halogenated alkanes) is 29. The van der Waals surface area contributed by atoms with E-state index in [1.54, 1.807) is 0 Å². The molecule has 0 aliphatic carbocycles. The number of aliphatic hydroxyl groups excluding tert-OH is 1. The van der Waals surface area contributed by atoms with Crippen molar-refractivity contribution in [3.8, 4) is 0 Å². The molecule has 0 fully saturated rings. The molecule has 0 aromatic carbocycles. The molecule has 0 bridgehead atoms. The van der Waals surface area contributed by atoms with Gasteiger partial charge in [-0.2, -0.15) is 0 Å². The minimum atomic E-state index is -4.95. The monoisotopic (exact) mass is 1270 g/mol. The van der Waals surface area contributed by atoms with Gasteiger partial charge in [-0.3, -0.25) is 37.3 Å². The van der Waals surface area contributed by atoms with E-state index in [9.17, 15) is 43.2 Å². The Morgan fingerprint density at radius 1 is 0.326 bits per heavy atom. The van der Waals surface area contributed by atoms with Crippen LogP contribution in [0.2, 0.25) is 0 Å². The van der Waals surface area contributed by atoms with Crippen molar-refractivity contribution in [3.05, 3.63) is 0 Å². The number of phosphoric ester groups is 2. The molecule has 0 saturated carbocycles. The molecule has 0 heterocycles. The summed E-state index contributed by atoms with van der Waals surface area (Å²) in [5.74, 6) is 0.810. The minimum absolute atomic E-state index is 0.104. The molecule has 4 unspecified atom stereocenters. The van der Waals surface area contributed by atoms with Crippen molar-refractivity contribution in [1.29, 1.82) is 0 Å². The lowest BCUT2D eigenvalue weighted by atomic mass is 10.00. The van der Waals surface area contributed by atoms with E-state index in [0.29, 0.717) is 25.7 Å². The highest BCUT2D eigenvalue weighted by Crippen LogP contribution is 2.45. The average Bonchev–Trinajstić information content (AvgIpc) is 3.65. The maximum absolute atomic E-state index is 13.0. The zero-order valence-corrected chi connectivity index (χ0v) is 57.7. The lowest BCUT2D eigenvalue weighted by Crippen LogP contribution is -2.30. The van der Waals surface area contributed by atoms with E-state index in [2.05, 4.69) is 55.4 Å². The van der Waals surface area contributed by atoms with Crippen LogP contribution in [0, 0.1) is 23.7 Å². The molecule has 0 aromatic heterocycles. The molecule has 0 radical (unpaired) electrons. The molecule has 0 spiro atoms. The second-order valence-electron chi connectivity index (χ2n) is 25.9. The molecule has 17 nitrogen and oxygen atoms in total. The van der Waals surface area contributed by atoms with Crippen molar-refractivity contribution in [2.75, 3.05) is 39.6 Å². The summed E-state index contributed by atoms with van der Waals surface area (Å²) in [7, 11) is -9.90. The second kappa shape index (κ2) is 57.0. The quantitative estimate of drug-likeness (QED) is 0.0222. The number of ether oxygens (including phenoxy) is 4. The lowest BCUT2D eigenvalue weighted by molar-refractivity contribution is -0.161. The van der Waals surface area contributed by atoms with Gasteiger partial charge in [0.1, 0.15) is 19.3 Å². The summed E-state index contributed by atoms with van der Waals surface area (Å²) in [6.45, 7) is 14.0. The second-order valence-corrected chi connectivity index (χ2v) is 28.8. The molecule has 0 rings (SSSR count). The summed E-state index contributed by atoms with van der Waals surface area (Å²) in [4.78, 5) is 72.4. The van der Waals surface area contributed by atoms with Crippen molar-refractivity contribution in [2.24, 2.45) is 23.7 Å². The molecule has 19 heteroatoms. The highest BCUT2D eigenvalue weighted by molar-refractivity contribution is 7.47. The van der Waals surface area contributed by atoms with Gasteiger partial charge in [-0.25, -0.2) is 9.13 Å². The summed E-state index contributed by atoms with van der Waals surface area (Å²) >= 11 is 0. The van der Waals surface area contributed by atoms with E-state index in [1.807, 2.05) is 0 Å². The topological polar surface area (TPSA) is 237 Å². The molecular formula is C67H130O17P2. The third-order valence-electron chi connectivity index (χ3n) is 15.7. The van der Waals surface area contributed by atoms with Crippen molar-refractivity contribution >= 4 is 39.5 Å². The van der Waals surface area contributed by atoms with E-state index in [1.165, 1.54) is 122 Å². The van der Waals surface area contributed by atoms with Gasteiger partial charge in [0.15, 0.2) is 12.2 Å². The van der Waals surface area contributed by atoms with E-state index < -0.39 is 97.5 Å². The summed E-state index contributed by atoms with van der Waals surface area (Å²) in [5.41, 5.74) is 0. The van der Waals surface area contributed by atoms with E-state index in [4.69, 9.17) is 37.0 Å². The van der Waals surface area contributed by atoms with Gasteiger partial charge in [0.25, 0.3) is 0 Å². The first-order valence-corrected chi connectivity index (χ1v) is 37.7. The Morgan fingerprint density at radius 3 is 0.826 bits per heavy atom. The average molecular weight is 1270 g/mol. The molecule has 0 saturated heterocycles. The minimum Gasteiger partial charge on any atom is -0.462 e. The fraction of sp³-hybridized carbons (Fsp3) is 0.940. The van der Waals surface area contributed by atoms with Crippen molar-refractivity contribution in [3.63, 3.8) is 0 Å². The predicted molar refractivity (Wildman–Crippen MR) is 344 cm³/mol. The molecule has 0 aromatic rings. The number of rotatable bonds is 64. The first-order valence-electron chi connectivity index (χ1n) is 34.7. The zero-order chi connectivity index (χ0) is 63.9. The number of phosphoric acid groups is 2. The van der Waals surface area contributed by atoms with Crippen LogP contribution in [0.25, 0.3) is 0 Å². The van der Waals surface area contributed by atoms with E-state index >= 15 is 0 Å². The van der Waals surface area contributed by atoms with Crippen LogP contribution in [0.1, 0.15) is 325 Å². The number of carbonyl (C=O) groups is 4. The number of aliphatic hydroxyl groups is 1. The van der Waals surface area contributed by atoms with Gasteiger partial charge in [-0.05, 0) is 49.4 Å². The highest BCUT2D eigenvalue weighted by atomic mass is 31.2. The fourth-order valence-electron chi connectivity index (χ4n) is 9.93. The van der Waals surface area contributed by atoms with Crippen LogP contribution in [0.15, 0.2) is 0 Å². The van der Waals surface area contributed by atoms with Crippen molar-refractivity contribution in [1.82, 2.24) is 0 Å². The first kappa shape index (κ1) is 84.1. The maximum atomic E-state index is 13.0. The van der Waals surface area contributed by atoms with Gasteiger partial charge in [0.2, 0.25) is 0 Å². The van der Waals surface area contributed by atoms with Gasteiger partial charge in [-0.15, -0.1) is 0 Å². The van der Waals surface area contributed by atoms with Crippen LogP contribution in [-0.2, 0) is 65.4 Å². The zero-order valence-electron chi connectivity index (χ0n) is 55.9. The summed E-state index contributed by atoms with van der Waals surface area (Å²) in [5, 5.41) is 10.6. The van der Waals surface area contributed by atoms with E-state index in [-0.39, 0.29) is 25.7 Å². The number of hydrogen-bond acceptors (Lipinski definition) is 15. The summed E-state index contributed by atoms with van der Waals surface area (Å²) < 4.78 is 68.1. The Bertz CT molecular complexity index is 1720. The van der Waals surface area contributed by atoms with Crippen molar-refractivity contribution < 1.29 is 80.2 Å². The Balaban J connectivity index is 5.27. The van der Waals surface area contributed by atoms with Gasteiger partial charge < -0.3 is 33.8 Å². The third-order valence-corrected chi connectivity index (χ3v) is 17.6. The standard InChI is InChI=1S/C67H130O17P2/c1-9-60(8)46-38-30-25-26-32-40-48-65(70)78-54-63(84-66(71)49-41-33-23-15-11-10-13-19-27-35-43-57(2)3)56-82-86(75,76)80-52-61(68)51-79-85(73,74)81-55-62(53-77-64(69)47-39-31-22-18-17-21-29-37-45-59(6)7)83-67(72)50-42-34-24-16-12-14-20-28-36-44-58(4)5/h57-63,68H,9-56H2,1-8H3,(H,73,74)(H,75,76)/t60?,61?,62-,63-/m1/s1. The fourth-order valence-corrected chi connectivity index (χ4v) is 11.5. The van der Waals surface area contributed by atoms with Crippen LogP contribution in [-0.4, -0.2) is 96.7 Å². The summed E-state index contributed by atoms with van der Waals surface area (Å²) in [6.07, 6.45) is 37.6. The predicted octanol–water partition coefficient (Wildman–Crippen LogP) is 18.5. The Morgan fingerprint density at radius 2 is 0.558 bits per heavy atom. The smallest absolute Gasteiger partial charge is 0.462 e. The molecule has 510 valence electrons. The van der Waals surface area contributed by atoms with Crippen LogP contribution in [0.3, 0.4) is 0 Å². The van der Waals surface area contributed by atoms with Crippen LogP contribution in [0.5, 0.6) is 0 Å². The largest absolute Gasteiger partial charge is 0.472 e. The Hall–Kier alpha value is -1.94. The lowest BCUT2D eigenvalue weighted by Gasteiger charge is -2.21. The SMILES string of the molecule is CCC(C)CCCCCCCCC(=O)OC[C@H](COP(=O)(O)OCC(O)COP(=O)(O)OC[C@@H](COC(=O)CCCCCCCCCCC(C)C)OC(=O)CCCCCCCCCCCC(C)C)OC(=O)CCCCCCCCCCCCC(C)C. The Kier molecular flexibility index (Phi) is 55.7. The molecule has 86 heavy (non-hydrogen) atoms. The van der Waals surface area contributed by atoms with Crippen LogP contribution < -0.4 is 0 Å². The molecule has 0 aliphatic heterocycles. The Labute approximate surface area is 524 Å². The van der Waals surface area contributed by atoms with Gasteiger partial charge in [-0.1, -0.05) is 274 Å². The normalized spacial score (nSPS) is 14.7. The van der Waals surface area contributed by atoms with Gasteiger partial charge >= 0.3 is 39.5 Å². The first-order chi connectivity index (χ1) is 41.1. The van der Waals surface area contributed by atoms with Crippen LogP contribution >= 0.6 is 15.6 Å². The van der Waals surface area contributed by atoms with Gasteiger partial charge in [0, 0.05) is 25.7 Å². The maximum Gasteiger partial charge on any atom is 0.472 e. The molecule has 3 N–H and O–H groups in total. The molecule has 0 amide bonds. The third kappa shape index (κ3) is 59.7. The summed E-state index contributed by atoms with van der Waals surface area (Å²) in [6, 6.07) is 0. The highest BCUT2D eigenvalue weighted by Gasteiger charge is 2.30. The van der Waals surface area contributed by atoms with Crippen LogP contribution in [0.4, 0.5) is 0 Å². The molecular weight excluding hydrogens is 1140 g/mol.